The Balaban J connectivity index is 1.53. The van der Waals surface area contributed by atoms with Crippen LogP contribution in [-0.4, -0.2) is 22.9 Å². The third kappa shape index (κ3) is 3.43. The number of nitrogens with one attached hydrogen (secondary N) is 1. The monoisotopic (exact) mass is 307 g/mol. The van der Waals surface area contributed by atoms with Gasteiger partial charge in [0.2, 0.25) is 6.79 Å². The summed E-state index contributed by atoms with van der Waals surface area (Å²) >= 11 is 1.36. The predicted molar refractivity (Wildman–Crippen MR) is 79.7 cm³/mol. The molecule has 112 valence electrons. The van der Waals surface area contributed by atoms with Crippen molar-refractivity contribution < 1.29 is 14.2 Å². The van der Waals surface area contributed by atoms with Crippen molar-refractivity contribution in [3.05, 3.63) is 29.5 Å². The second-order valence-electron chi connectivity index (χ2n) is 4.66. The number of fused-ring (bicyclic) bond motifs is 1. The first kappa shape index (κ1) is 14.1. The van der Waals surface area contributed by atoms with E-state index in [1.165, 1.54) is 11.5 Å². The fourth-order valence-corrected chi connectivity index (χ4v) is 2.56. The largest absolute Gasteiger partial charge is 0.454 e. The average molecular weight is 307 g/mol. The smallest absolute Gasteiger partial charge is 0.231 e. The Labute approximate surface area is 127 Å². The summed E-state index contributed by atoms with van der Waals surface area (Å²) in [6.45, 7) is 4.27. The van der Waals surface area contributed by atoms with Crippen LogP contribution < -0.4 is 14.8 Å². The lowest BCUT2D eigenvalue weighted by atomic mass is 10.2. The summed E-state index contributed by atoms with van der Waals surface area (Å²) in [6.07, 6.45) is 1.06. The number of benzene rings is 1. The van der Waals surface area contributed by atoms with E-state index in [-0.39, 0.29) is 6.79 Å². The third-order valence-electron chi connectivity index (χ3n) is 3.04. The van der Waals surface area contributed by atoms with Gasteiger partial charge in [-0.1, -0.05) is 17.5 Å². The van der Waals surface area contributed by atoms with Gasteiger partial charge in [-0.25, -0.2) is 0 Å². The highest BCUT2D eigenvalue weighted by Gasteiger charge is 2.13. The molecule has 2 heterocycles. The first-order valence-electron chi connectivity index (χ1n) is 6.88. The van der Waals surface area contributed by atoms with Gasteiger partial charge in [0.1, 0.15) is 10.7 Å². The van der Waals surface area contributed by atoms with E-state index in [1.807, 2.05) is 18.2 Å². The standard InChI is InChI=1S/C14H17N3O3S/c1-2-5-15-14-11(16-17-21-14)8-18-7-10-3-4-12-13(6-10)20-9-19-12/h3-4,6,15H,2,5,7-9H2,1H3. The molecule has 0 fully saturated rings. The van der Waals surface area contributed by atoms with Crippen LogP contribution in [0.2, 0.25) is 0 Å². The van der Waals surface area contributed by atoms with Crippen LogP contribution in [0.1, 0.15) is 24.6 Å². The predicted octanol–water partition coefficient (Wildman–Crippen LogP) is 2.81. The van der Waals surface area contributed by atoms with Gasteiger partial charge in [0.25, 0.3) is 0 Å². The van der Waals surface area contributed by atoms with Gasteiger partial charge in [-0.2, -0.15) is 0 Å². The summed E-state index contributed by atoms with van der Waals surface area (Å²) in [6, 6.07) is 5.82. The molecule has 1 aliphatic heterocycles. The average Bonchev–Trinajstić information content (AvgIpc) is 3.13. The minimum Gasteiger partial charge on any atom is -0.454 e. The van der Waals surface area contributed by atoms with Gasteiger partial charge >= 0.3 is 0 Å². The second kappa shape index (κ2) is 6.73. The molecule has 0 spiro atoms. The Morgan fingerprint density at radius 1 is 1.29 bits per heavy atom. The van der Waals surface area contributed by atoms with Gasteiger partial charge in [-0.3, -0.25) is 0 Å². The zero-order valence-electron chi connectivity index (χ0n) is 11.8. The molecule has 0 radical (unpaired) electrons. The normalized spacial score (nSPS) is 12.6. The van der Waals surface area contributed by atoms with Gasteiger partial charge in [0, 0.05) is 18.1 Å². The molecule has 0 amide bonds. The number of rotatable bonds is 7. The molecular formula is C14H17N3O3S. The van der Waals surface area contributed by atoms with Crippen LogP contribution in [0.3, 0.4) is 0 Å². The molecule has 1 aromatic heterocycles. The highest BCUT2D eigenvalue weighted by Crippen LogP contribution is 2.32. The van der Waals surface area contributed by atoms with Crippen molar-refractivity contribution in [2.45, 2.75) is 26.6 Å². The van der Waals surface area contributed by atoms with Crippen LogP contribution in [0.15, 0.2) is 18.2 Å². The quantitative estimate of drug-likeness (QED) is 0.848. The SMILES string of the molecule is CCCNc1snnc1COCc1ccc2c(c1)OCO2. The van der Waals surface area contributed by atoms with Crippen molar-refractivity contribution in [2.75, 3.05) is 18.7 Å². The van der Waals surface area contributed by atoms with E-state index in [4.69, 9.17) is 14.2 Å². The number of hydrogen-bond donors (Lipinski definition) is 1. The van der Waals surface area contributed by atoms with Gasteiger partial charge in [-0.15, -0.1) is 5.10 Å². The van der Waals surface area contributed by atoms with Crippen molar-refractivity contribution in [3.8, 4) is 11.5 Å². The van der Waals surface area contributed by atoms with Gasteiger partial charge in [0.05, 0.1) is 13.2 Å². The summed E-state index contributed by atoms with van der Waals surface area (Å²) in [4.78, 5) is 0. The Hall–Kier alpha value is -1.86. The summed E-state index contributed by atoms with van der Waals surface area (Å²) < 4.78 is 20.3. The Morgan fingerprint density at radius 3 is 3.10 bits per heavy atom. The number of aromatic nitrogens is 2. The zero-order chi connectivity index (χ0) is 14.5. The summed E-state index contributed by atoms with van der Waals surface area (Å²) in [7, 11) is 0. The van der Waals surface area contributed by atoms with Gasteiger partial charge in [0.15, 0.2) is 11.5 Å². The first-order valence-corrected chi connectivity index (χ1v) is 7.65. The van der Waals surface area contributed by atoms with E-state index in [0.29, 0.717) is 13.2 Å². The molecule has 0 aliphatic carbocycles. The number of nitrogens with zero attached hydrogens (tertiary/aromatic N) is 2. The summed E-state index contributed by atoms with van der Waals surface area (Å²) in [5.74, 6) is 1.56. The lowest BCUT2D eigenvalue weighted by Crippen LogP contribution is -2.02. The topological polar surface area (TPSA) is 65.5 Å². The maximum absolute atomic E-state index is 5.71. The van der Waals surface area contributed by atoms with E-state index < -0.39 is 0 Å². The molecule has 3 rings (SSSR count). The summed E-state index contributed by atoms with van der Waals surface area (Å²) in [5.41, 5.74) is 1.90. The first-order chi connectivity index (χ1) is 10.4. The van der Waals surface area contributed by atoms with Gasteiger partial charge < -0.3 is 19.5 Å². The highest BCUT2D eigenvalue weighted by molar-refractivity contribution is 7.10. The second-order valence-corrected chi connectivity index (χ2v) is 5.41. The van der Waals surface area contributed by atoms with Crippen molar-refractivity contribution >= 4 is 16.5 Å². The maximum Gasteiger partial charge on any atom is 0.231 e. The third-order valence-corrected chi connectivity index (χ3v) is 3.76. The maximum atomic E-state index is 5.71. The van der Waals surface area contributed by atoms with Crippen molar-refractivity contribution in [3.63, 3.8) is 0 Å². The molecule has 1 N–H and O–H groups in total. The van der Waals surface area contributed by atoms with Crippen LogP contribution in [-0.2, 0) is 18.0 Å². The van der Waals surface area contributed by atoms with E-state index in [9.17, 15) is 0 Å². The van der Waals surface area contributed by atoms with Crippen LogP contribution in [0, 0.1) is 0 Å². The van der Waals surface area contributed by atoms with Crippen molar-refractivity contribution in [1.29, 1.82) is 0 Å². The van der Waals surface area contributed by atoms with E-state index in [2.05, 4.69) is 21.8 Å². The lowest BCUT2D eigenvalue weighted by molar-refractivity contribution is 0.105. The molecule has 1 aromatic carbocycles. The van der Waals surface area contributed by atoms with E-state index in [1.54, 1.807) is 0 Å². The molecule has 0 unspecified atom stereocenters. The van der Waals surface area contributed by atoms with Crippen LogP contribution in [0.5, 0.6) is 11.5 Å². The number of anilines is 1. The summed E-state index contributed by atoms with van der Waals surface area (Å²) in [5, 5.41) is 8.39. The van der Waals surface area contributed by atoms with E-state index in [0.717, 1.165) is 40.7 Å². The zero-order valence-corrected chi connectivity index (χ0v) is 12.6. The molecule has 21 heavy (non-hydrogen) atoms. The van der Waals surface area contributed by atoms with Crippen LogP contribution in [0.4, 0.5) is 5.00 Å². The minimum atomic E-state index is 0.288. The molecule has 0 saturated heterocycles. The molecular weight excluding hydrogens is 290 g/mol. The van der Waals surface area contributed by atoms with Gasteiger partial charge in [-0.05, 0) is 24.1 Å². The Bertz CT molecular complexity index is 603. The van der Waals surface area contributed by atoms with Crippen molar-refractivity contribution in [2.24, 2.45) is 0 Å². The molecule has 7 heteroatoms. The van der Waals surface area contributed by atoms with E-state index >= 15 is 0 Å². The molecule has 2 aromatic rings. The Morgan fingerprint density at radius 2 is 2.19 bits per heavy atom. The minimum absolute atomic E-state index is 0.288. The highest BCUT2D eigenvalue weighted by atomic mass is 32.1. The fraction of sp³-hybridized carbons (Fsp3) is 0.429. The lowest BCUT2D eigenvalue weighted by Gasteiger charge is -2.06. The van der Waals surface area contributed by atoms with Crippen molar-refractivity contribution in [1.82, 2.24) is 9.59 Å². The molecule has 0 atom stereocenters. The molecule has 6 nitrogen and oxygen atoms in total. The molecule has 0 bridgehead atoms. The van der Waals surface area contributed by atoms with Crippen LogP contribution >= 0.6 is 11.5 Å². The number of hydrogen-bond acceptors (Lipinski definition) is 7. The fourth-order valence-electron chi connectivity index (χ4n) is 1.97. The van der Waals surface area contributed by atoms with Crippen LogP contribution in [0.25, 0.3) is 0 Å². The Kier molecular flexibility index (Phi) is 4.52. The number of ether oxygens (including phenoxy) is 3. The molecule has 0 saturated carbocycles. The molecule has 1 aliphatic rings.